The van der Waals surface area contributed by atoms with E-state index in [4.69, 9.17) is 0 Å². The fraction of sp³-hybridized carbons (Fsp3) is 0.294. The predicted octanol–water partition coefficient (Wildman–Crippen LogP) is 2.91. The third kappa shape index (κ3) is 2.67. The molecule has 2 rings (SSSR count). The molecule has 0 aliphatic rings. The van der Waals surface area contributed by atoms with E-state index in [-0.39, 0.29) is 7.28 Å². The van der Waals surface area contributed by atoms with Gasteiger partial charge in [-0.3, -0.25) is 0 Å². The van der Waals surface area contributed by atoms with E-state index in [0.717, 1.165) is 0 Å². The number of aryl methyl sites for hydroxylation is 4. The molecule has 0 saturated heterocycles. The molecule has 0 bridgehead atoms. The van der Waals surface area contributed by atoms with Crippen LogP contribution in [0.15, 0.2) is 36.4 Å². The van der Waals surface area contributed by atoms with Crippen molar-refractivity contribution in [2.45, 2.75) is 34.0 Å². The van der Waals surface area contributed by atoms with E-state index in [2.05, 4.69) is 64.1 Å². The summed E-state index contributed by atoms with van der Waals surface area (Å²) in [6.45, 7) is 8.96. The minimum atomic E-state index is -0.0750. The minimum Gasteiger partial charge on any atom is -0.211 e. The van der Waals surface area contributed by atoms with E-state index < -0.39 is 0 Å². The highest BCUT2D eigenvalue weighted by atomic mass is 14.0. The van der Waals surface area contributed by atoms with Crippen molar-refractivity contribution in [3.63, 3.8) is 0 Å². The third-order valence-corrected chi connectivity index (χ3v) is 4.40. The lowest BCUT2D eigenvalue weighted by Gasteiger charge is -2.18. The molecule has 0 spiro atoms. The van der Waals surface area contributed by atoms with Crippen LogP contribution >= 0.6 is 0 Å². The summed E-state index contributed by atoms with van der Waals surface area (Å²) < 4.78 is 0. The average Bonchev–Trinajstić information content (AvgIpc) is 2.31. The minimum absolute atomic E-state index is 0.0750. The van der Waals surface area contributed by atoms with Gasteiger partial charge in [0.05, 0.1) is 0 Å². The maximum Gasteiger partial charge on any atom is 0.00125 e. The number of hydrogen-bond acceptors (Lipinski definition) is 0. The van der Waals surface area contributed by atoms with Gasteiger partial charge in [-0.1, -0.05) is 64.2 Å². The lowest BCUT2D eigenvalue weighted by atomic mass is 9.61. The van der Waals surface area contributed by atoms with Gasteiger partial charge in [-0.05, 0) is 27.7 Å². The average molecular weight is 237 g/mol. The Morgan fingerprint density at radius 3 is 1.67 bits per heavy atom. The molecule has 0 atom stereocenters. The highest BCUT2D eigenvalue weighted by Gasteiger charge is 2.01. The summed E-state index contributed by atoms with van der Waals surface area (Å²) in [4.78, 5) is 0. The first-order valence-corrected chi connectivity index (χ1v) is 7.05. The first-order valence-electron chi connectivity index (χ1n) is 7.05. The molecule has 2 aromatic carbocycles. The molecule has 0 fully saturated rings. The molecule has 0 aromatic heterocycles. The zero-order chi connectivity index (χ0) is 13.1. The fourth-order valence-electron chi connectivity index (χ4n) is 3.22. The molecule has 0 heterocycles. The summed E-state index contributed by atoms with van der Waals surface area (Å²) in [5, 5.41) is 0. The zero-order valence-corrected chi connectivity index (χ0v) is 12.2. The molecule has 0 nitrogen and oxygen atoms in total. The lowest BCUT2D eigenvalue weighted by Crippen LogP contribution is -2.23. The predicted molar refractivity (Wildman–Crippen MR) is 83.7 cm³/mol. The van der Waals surface area contributed by atoms with E-state index in [0.29, 0.717) is 0 Å². The van der Waals surface area contributed by atoms with Crippen molar-refractivity contribution in [3.05, 3.63) is 64.2 Å². The molecule has 94 valence electrons. The Balaban J connectivity index is 2.22. The van der Waals surface area contributed by atoms with E-state index >= 15 is 0 Å². The van der Waals surface area contributed by atoms with Crippen LogP contribution in [0.4, 0.5) is 0 Å². The summed E-state index contributed by atoms with van der Waals surface area (Å²) in [7, 11) is -0.0750. The van der Waals surface area contributed by atoms with Gasteiger partial charge >= 0.3 is 0 Å². The van der Waals surface area contributed by atoms with Crippen LogP contribution in [0.2, 0.25) is 0 Å². The first-order chi connectivity index (χ1) is 8.59. The second-order valence-corrected chi connectivity index (χ2v) is 5.59. The summed E-state index contributed by atoms with van der Waals surface area (Å²) in [6.07, 6.45) is 1.27. The Labute approximate surface area is 111 Å². The van der Waals surface area contributed by atoms with Crippen molar-refractivity contribution in [2.75, 3.05) is 0 Å². The van der Waals surface area contributed by atoms with Gasteiger partial charge in [0.15, 0.2) is 0 Å². The van der Waals surface area contributed by atoms with Gasteiger partial charge in [0.1, 0.15) is 0 Å². The Hall–Kier alpha value is -1.50. The van der Waals surface area contributed by atoms with E-state index in [1.165, 1.54) is 28.6 Å². The Morgan fingerprint density at radius 2 is 1.17 bits per heavy atom. The number of rotatable bonds is 3. The van der Waals surface area contributed by atoms with Gasteiger partial charge in [0.2, 0.25) is 0 Å². The maximum atomic E-state index is 2.25. The normalized spacial score (nSPS) is 10.7. The van der Waals surface area contributed by atoms with E-state index in [9.17, 15) is 0 Å². The number of benzene rings is 2. The second-order valence-electron chi connectivity index (χ2n) is 5.59. The standard InChI is InChI=1S/C17H22B/c1-12-7-5-8-13(2)16(12)11-18-17-14(3)9-6-10-15(17)4/h5-10H,11,18H2,1-4H3/q-1. The molecular formula is C17H22B-. The molecule has 18 heavy (non-hydrogen) atoms. The van der Waals surface area contributed by atoms with Crippen LogP contribution in [0, 0.1) is 27.7 Å². The summed E-state index contributed by atoms with van der Waals surface area (Å²) in [5.74, 6) is 0. The smallest absolute Gasteiger partial charge is 0.00125 e. The lowest BCUT2D eigenvalue weighted by molar-refractivity contribution is 1.23. The van der Waals surface area contributed by atoms with Crippen molar-refractivity contribution in [2.24, 2.45) is 0 Å². The SMILES string of the molecule is Cc1cccc(C)c1[BH2-]Cc1c(C)cccc1C. The summed E-state index contributed by atoms with van der Waals surface area (Å²) in [6, 6.07) is 13.3. The number of hydrogen-bond donors (Lipinski definition) is 0. The maximum absolute atomic E-state index is 2.25. The van der Waals surface area contributed by atoms with Crippen LogP contribution < -0.4 is 5.46 Å². The molecule has 0 aliphatic heterocycles. The molecule has 0 amide bonds. The zero-order valence-electron chi connectivity index (χ0n) is 12.2. The van der Waals surface area contributed by atoms with E-state index in [1.54, 1.807) is 11.0 Å². The van der Waals surface area contributed by atoms with E-state index in [1.807, 2.05) is 0 Å². The third-order valence-electron chi connectivity index (χ3n) is 4.40. The van der Waals surface area contributed by atoms with Gasteiger partial charge in [0.25, 0.3) is 0 Å². The van der Waals surface area contributed by atoms with Crippen LogP contribution in [-0.2, 0) is 6.32 Å². The van der Waals surface area contributed by atoms with Gasteiger partial charge < -0.3 is 0 Å². The molecule has 0 N–H and O–H groups in total. The molecular weight excluding hydrogens is 215 g/mol. The van der Waals surface area contributed by atoms with Crippen LogP contribution in [-0.4, -0.2) is 7.28 Å². The van der Waals surface area contributed by atoms with Gasteiger partial charge in [-0.15, -0.1) is 0 Å². The van der Waals surface area contributed by atoms with Crippen LogP contribution in [0.3, 0.4) is 0 Å². The molecule has 2 aromatic rings. The highest BCUT2D eigenvalue weighted by molar-refractivity contribution is 6.54. The van der Waals surface area contributed by atoms with Crippen molar-refractivity contribution in [1.82, 2.24) is 0 Å². The van der Waals surface area contributed by atoms with Crippen LogP contribution in [0.5, 0.6) is 0 Å². The molecule has 0 unspecified atom stereocenters. The van der Waals surface area contributed by atoms with Gasteiger partial charge in [-0.25, -0.2) is 5.46 Å². The van der Waals surface area contributed by atoms with Crippen molar-refractivity contribution >= 4 is 12.7 Å². The Kier molecular flexibility index (Phi) is 3.91. The molecule has 1 heteroatoms. The van der Waals surface area contributed by atoms with Crippen molar-refractivity contribution in [3.8, 4) is 0 Å². The Bertz CT molecular complexity index is 464. The van der Waals surface area contributed by atoms with Gasteiger partial charge in [-0.2, -0.15) is 6.32 Å². The quantitative estimate of drug-likeness (QED) is 0.720. The first kappa shape index (κ1) is 12.9. The second kappa shape index (κ2) is 5.43. The molecule has 0 saturated carbocycles. The van der Waals surface area contributed by atoms with Crippen molar-refractivity contribution < 1.29 is 0 Å². The highest BCUT2D eigenvalue weighted by Crippen LogP contribution is 2.13. The topological polar surface area (TPSA) is 0 Å². The fourth-order valence-corrected chi connectivity index (χ4v) is 3.22. The largest absolute Gasteiger partial charge is 0.211 e. The summed E-state index contributed by atoms with van der Waals surface area (Å²) >= 11 is 0. The van der Waals surface area contributed by atoms with Crippen LogP contribution in [0.1, 0.15) is 27.8 Å². The molecule has 0 aliphatic carbocycles. The summed E-state index contributed by atoms with van der Waals surface area (Å²) in [5.41, 5.74) is 9.05. The Morgan fingerprint density at radius 1 is 0.722 bits per heavy atom. The monoisotopic (exact) mass is 237 g/mol. The van der Waals surface area contributed by atoms with Crippen LogP contribution in [0.25, 0.3) is 0 Å². The molecule has 0 radical (unpaired) electrons. The van der Waals surface area contributed by atoms with Crippen molar-refractivity contribution in [1.29, 1.82) is 0 Å². The van der Waals surface area contributed by atoms with Gasteiger partial charge in [0, 0.05) is 7.28 Å².